The number of phosphoric acid groups is 1. The van der Waals surface area contributed by atoms with Crippen LogP contribution in [0.25, 0.3) is 0 Å². The first-order valence-electron chi connectivity index (χ1n) is 29.9. The molecule has 3 unspecified atom stereocenters. The Balaban J connectivity index is 4.70. The van der Waals surface area contributed by atoms with E-state index in [1.807, 2.05) is 0 Å². The van der Waals surface area contributed by atoms with Gasteiger partial charge in [0, 0.05) is 19.3 Å². The summed E-state index contributed by atoms with van der Waals surface area (Å²) in [5.74, 6) is -1.47. The van der Waals surface area contributed by atoms with E-state index in [0.717, 1.165) is 103 Å². The van der Waals surface area contributed by atoms with Crippen LogP contribution in [0.1, 0.15) is 290 Å². The molecular weight excluding hydrogens is 928 g/mol. The van der Waals surface area contributed by atoms with Crippen molar-refractivity contribution in [3.63, 3.8) is 0 Å². The molecule has 0 aliphatic heterocycles. The molecule has 0 aromatic rings. The second kappa shape index (κ2) is 54.9. The van der Waals surface area contributed by atoms with Gasteiger partial charge in [-0.2, -0.15) is 0 Å². The molecule has 72 heavy (non-hydrogen) atoms. The third-order valence-corrected chi connectivity index (χ3v) is 14.0. The number of carbonyl (C=O) groups is 3. The van der Waals surface area contributed by atoms with E-state index in [1.165, 1.54) is 128 Å². The van der Waals surface area contributed by atoms with Crippen LogP contribution in [-0.2, 0) is 42.2 Å². The lowest BCUT2D eigenvalue weighted by Crippen LogP contribution is -2.30. The van der Waals surface area contributed by atoms with Crippen molar-refractivity contribution in [2.75, 3.05) is 26.4 Å². The summed E-state index contributed by atoms with van der Waals surface area (Å²) in [6.07, 6.45) is 56.6. The summed E-state index contributed by atoms with van der Waals surface area (Å²) in [7, 11) is -4.75. The summed E-state index contributed by atoms with van der Waals surface area (Å²) in [4.78, 5) is 48.6. The van der Waals surface area contributed by atoms with Gasteiger partial charge in [0.2, 0.25) is 0 Å². The fraction of sp³-hybridized carbons (Fsp3) is 0.850. The van der Waals surface area contributed by atoms with Gasteiger partial charge in [0.25, 0.3) is 0 Å². The highest BCUT2D eigenvalue weighted by Gasteiger charge is 2.28. The van der Waals surface area contributed by atoms with E-state index in [1.54, 1.807) is 0 Å². The minimum Gasteiger partial charge on any atom is -0.462 e. The number of phosphoric ester groups is 1. The van der Waals surface area contributed by atoms with Crippen LogP contribution in [0.3, 0.4) is 0 Å². The Morgan fingerprint density at radius 1 is 0.389 bits per heavy atom. The summed E-state index contributed by atoms with van der Waals surface area (Å²) < 4.78 is 39.5. The van der Waals surface area contributed by atoms with E-state index in [0.29, 0.717) is 19.3 Å². The molecule has 0 aliphatic rings. The average molecular weight is 1040 g/mol. The Morgan fingerprint density at radius 3 is 1.07 bits per heavy atom. The van der Waals surface area contributed by atoms with Crippen LogP contribution < -0.4 is 0 Å². The summed E-state index contributed by atoms with van der Waals surface area (Å²) in [6, 6.07) is 0. The minimum absolute atomic E-state index is 0.158. The molecule has 0 spiro atoms. The first-order chi connectivity index (χ1) is 35.2. The molecule has 0 amide bonds. The monoisotopic (exact) mass is 1040 g/mol. The number of aliphatic hydroxyl groups is 1. The molecule has 0 aromatic carbocycles. The molecule has 0 saturated heterocycles. The molecule has 11 nitrogen and oxygen atoms in total. The van der Waals surface area contributed by atoms with Crippen molar-refractivity contribution in [2.24, 2.45) is 0 Å². The molecule has 422 valence electrons. The van der Waals surface area contributed by atoms with Crippen LogP contribution in [-0.4, -0.2) is 66.5 Å². The molecule has 0 heterocycles. The van der Waals surface area contributed by atoms with E-state index in [4.69, 9.17) is 23.3 Å². The Labute approximate surface area is 441 Å². The molecule has 0 radical (unpaired) electrons. The lowest BCUT2D eigenvalue weighted by atomic mass is 10.0. The van der Waals surface area contributed by atoms with E-state index in [9.17, 15) is 28.9 Å². The Hall–Kier alpha value is -2.30. The van der Waals surface area contributed by atoms with Crippen LogP contribution in [0.4, 0.5) is 0 Å². The zero-order valence-electron chi connectivity index (χ0n) is 46.7. The number of hydrogen-bond acceptors (Lipinski definition) is 10. The average Bonchev–Trinajstić information content (AvgIpc) is 3.37. The highest BCUT2D eigenvalue weighted by atomic mass is 31.2. The lowest BCUT2D eigenvalue weighted by Gasteiger charge is -2.21. The number of allylic oxidation sites excluding steroid dienone is 6. The number of aliphatic hydroxyl groups excluding tert-OH is 1. The second-order valence-corrected chi connectivity index (χ2v) is 21.6. The van der Waals surface area contributed by atoms with Crippen LogP contribution >= 0.6 is 7.82 Å². The Bertz CT molecular complexity index is 1350. The zero-order valence-corrected chi connectivity index (χ0v) is 47.6. The second-order valence-electron chi connectivity index (χ2n) is 20.2. The summed E-state index contributed by atoms with van der Waals surface area (Å²) in [5.41, 5.74) is 0. The summed E-state index contributed by atoms with van der Waals surface area (Å²) in [6.45, 7) is 4.63. The maximum atomic E-state index is 12.9. The molecule has 12 heteroatoms. The van der Waals surface area contributed by atoms with E-state index < -0.39 is 57.8 Å². The predicted molar refractivity (Wildman–Crippen MR) is 298 cm³/mol. The molecule has 0 fully saturated rings. The summed E-state index contributed by atoms with van der Waals surface area (Å²) in [5, 5.41) is 9.82. The lowest BCUT2D eigenvalue weighted by molar-refractivity contribution is -0.161. The van der Waals surface area contributed by atoms with Crippen LogP contribution in [0.2, 0.25) is 0 Å². The van der Waals surface area contributed by atoms with Gasteiger partial charge in [-0.25, -0.2) is 4.57 Å². The number of hydrogen-bond donors (Lipinski definition) is 2. The van der Waals surface area contributed by atoms with Gasteiger partial charge in [0.15, 0.2) is 6.10 Å². The third-order valence-electron chi connectivity index (χ3n) is 13.0. The fourth-order valence-electron chi connectivity index (χ4n) is 8.44. The van der Waals surface area contributed by atoms with Gasteiger partial charge in [-0.1, -0.05) is 231 Å². The van der Waals surface area contributed by atoms with Gasteiger partial charge in [-0.05, 0) is 77.0 Å². The quantitative estimate of drug-likeness (QED) is 0.0197. The first-order valence-corrected chi connectivity index (χ1v) is 31.4. The summed E-state index contributed by atoms with van der Waals surface area (Å²) >= 11 is 0. The van der Waals surface area contributed by atoms with Gasteiger partial charge >= 0.3 is 25.7 Å². The van der Waals surface area contributed by atoms with Crippen molar-refractivity contribution in [1.29, 1.82) is 0 Å². The first kappa shape index (κ1) is 69.7. The van der Waals surface area contributed by atoms with Gasteiger partial charge in [-0.15, -0.1) is 0 Å². The highest BCUT2D eigenvalue weighted by Crippen LogP contribution is 2.43. The van der Waals surface area contributed by atoms with Crippen LogP contribution in [0, 0.1) is 0 Å². The van der Waals surface area contributed by atoms with E-state index >= 15 is 0 Å². The molecular formula is C60H111O11P. The van der Waals surface area contributed by atoms with Crippen molar-refractivity contribution in [3.05, 3.63) is 36.5 Å². The van der Waals surface area contributed by atoms with Gasteiger partial charge in [-0.3, -0.25) is 23.4 Å². The highest BCUT2D eigenvalue weighted by molar-refractivity contribution is 7.47. The molecule has 0 aromatic heterocycles. The van der Waals surface area contributed by atoms with Crippen molar-refractivity contribution in [3.8, 4) is 0 Å². The fourth-order valence-corrected chi connectivity index (χ4v) is 9.23. The maximum absolute atomic E-state index is 12.9. The standard InChI is InChI=1S/C60H111O11P/c1-4-7-10-13-16-19-22-25-28-31-34-37-40-43-46-49-58(62)67-53-57(71-60(64)51-48-45-42-39-36-33-30-27-24-21-18-15-12-9-6-3)55-69-72(65,66)68-54-56(52-61)70-59(63)50-47-44-41-38-35-32-29-26-23-20-17-14-11-8-5-2/h16,19,25,27-28,30,56-57,61H,4-15,17-18,20-24,26,29,31-55H2,1-3H3,(H,65,66)/b19-16-,28-25-,30-27-. The molecule has 0 rings (SSSR count). The molecule has 0 bridgehead atoms. The van der Waals surface area contributed by atoms with Gasteiger partial charge in [0.05, 0.1) is 19.8 Å². The minimum atomic E-state index is -4.75. The Kier molecular flexibility index (Phi) is 53.2. The van der Waals surface area contributed by atoms with Crippen LogP contribution in [0.5, 0.6) is 0 Å². The molecule has 0 aliphatic carbocycles. The van der Waals surface area contributed by atoms with Gasteiger partial charge < -0.3 is 24.2 Å². The van der Waals surface area contributed by atoms with E-state index in [-0.39, 0.29) is 25.9 Å². The van der Waals surface area contributed by atoms with Crippen molar-refractivity contribution < 1.29 is 52.2 Å². The number of carbonyl (C=O) groups excluding carboxylic acids is 3. The predicted octanol–water partition coefficient (Wildman–Crippen LogP) is 17.6. The van der Waals surface area contributed by atoms with Crippen molar-refractivity contribution in [1.82, 2.24) is 0 Å². The number of unbranched alkanes of at least 4 members (excludes halogenated alkanes) is 33. The largest absolute Gasteiger partial charge is 0.472 e. The van der Waals surface area contributed by atoms with Crippen LogP contribution in [0.15, 0.2) is 36.5 Å². The Morgan fingerprint density at radius 2 is 0.681 bits per heavy atom. The van der Waals surface area contributed by atoms with Crippen molar-refractivity contribution in [2.45, 2.75) is 303 Å². The third kappa shape index (κ3) is 52.6. The normalized spacial score (nSPS) is 13.6. The van der Waals surface area contributed by atoms with E-state index in [2.05, 4.69) is 57.2 Å². The zero-order chi connectivity index (χ0) is 52.7. The smallest absolute Gasteiger partial charge is 0.462 e. The SMILES string of the molecule is CCCCC/C=C\C/C=C\CCCCCCCC(=O)OCC(COP(=O)(O)OCC(CO)OC(=O)CCCCCCCCCCCCCCCCC)OC(=O)CCCCCCC/C=C\CCCCCCCC. The number of ether oxygens (including phenoxy) is 3. The molecule has 2 N–H and O–H groups in total. The van der Waals surface area contributed by atoms with Gasteiger partial charge in [0.1, 0.15) is 12.7 Å². The number of rotatable bonds is 56. The topological polar surface area (TPSA) is 155 Å². The molecule has 3 atom stereocenters. The molecule has 0 saturated carbocycles. The maximum Gasteiger partial charge on any atom is 0.472 e. The number of esters is 3. The van der Waals surface area contributed by atoms with Crippen molar-refractivity contribution >= 4 is 25.7 Å².